The zero-order chi connectivity index (χ0) is 29.9. The predicted octanol–water partition coefficient (Wildman–Crippen LogP) is 4.05. The van der Waals surface area contributed by atoms with Crippen LogP contribution in [0.3, 0.4) is 0 Å². The molecule has 3 aliphatic heterocycles. The molecule has 12 heteroatoms. The number of sulfone groups is 1. The van der Waals surface area contributed by atoms with Gasteiger partial charge in [-0.05, 0) is 62.4 Å². The van der Waals surface area contributed by atoms with Gasteiger partial charge in [0.2, 0.25) is 0 Å². The Labute approximate surface area is 247 Å². The molecular weight excluding hydrogens is 576 g/mol. The minimum absolute atomic E-state index is 0.0174. The second-order valence-corrected chi connectivity index (χ2v) is 13.8. The van der Waals surface area contributed by atoms with E-state index in [0.29, 0.717) is 17.8 Å². The largest absolute Gasteiger partial charge is 0.508 e. The second-order valence-electron chi connectivity index (χ2n) is 11.5. The zero-order valence-corrected chi connectivity index (χ0v) is 24.1. The number of hydrogen-bond acceptors (Lipinski definition) is 9. The summed E-state index contributed by atoms with van der Waals surface area (Å²) >= 11 is 0. The Bertz CT molecular complexity index is 1920. The standard InChI is InChI=1S/C31H29F2N5O4S/c1-2-21-24(32)6-5-19-15-20(39)16-22(25(19)21)27-26(33)28-23(17-34-27)29(37-11-13-43(40,41)14-12-37)36-30(35-28)42-18-31-7-3-9-38(31)10-4-8-31/h1,5-6,15-17,39H,3-4,7-14,18H2. The number of hydrogen-bond donors (Lipinski definition) is 1. The summed E-state index contributed by atoms with van der Waals surface area (Å²) in [6, 6.07) is 5.35. The van der Waals surface area contributed by atoms with Gasteiger partial charge in [0.1, 0.15) is 35.2 Å². The lowest BCUT2D eigenvalue weighted by molar-refractivity contribution is 0.108. The van der Waals surface area contributed by atoms with Gasteiger partial charge in [0, 0.05) is 30.2 Å². The lowest BCUT2D eigenvalue weighted by atomic mass is 9.95. The third kappa shape index (κ3) is 4.71. The number of aromatic nitrogens is 3. The number of benzene rings is 2. The van der Waals surface area contributed by atoms with Crippen LogP contribution in [0.5, 0.6) is 11.8 Å². The number of phenols is 1. The molecule has 3 saturated heterocycles. The predicted molar refractivity (Wildman–Crippen MR) is 159 cm³/mol. The van der Waals surface area contributed by atoms with Crippen molar-refractivity contribution in [2.45, 2.75) is 31.2 Å². The first-order chi connectivity index (χ1) is 20.7. The van der Waals surface area contributed by atoms with Crippen molar-refractivity contribution in [3.05, 3.63) is 47.7 Å². The summed E-state index contributed by atoms with van der Waals surface area (Å²) in [7, 11) is -3.19. The molecule has 222 valence electrons. The molecule has 0 radical (unpaired) electrons. The fourth-order valence-electron chi connectivity index (χ4n) is 6.85. The van der Waals surface area contributed by atoms with Gasteiger partial charge in [0.15, 0.2) is 15.7 Å². The highest BCUT2D eigenvalue weighted by Crippen LogP contribution is 2.41. The summed E-state index contributed by atoms with van der Waals surface area (Å²) in [6.07, 6.45) is 11.2. The van der Waals surface area contributed by atoms with Crippen molar-refractivity contribution in [3.63, 3.8) is 0 Å². The Morgan fingerprint density at radius 2 is 1.81 bits per heavy atom. The highest BCUT2D eigenvalue weighted by atomic mass is 32.2. The van der Waals surface area contributed by atoms with Crippen molar-refractivity contribution in [1.29, 1.82) is 0 Å². The highest BCUT2D eigenvalue weighted by molar-refractivity contribution is 7.91. The second kappa shape index (κ2) is 10.3. The maximum Gasteiger partial charge on any atom is 0.319 e. The highest BCUT2D eigenvalue weighted by Gasteiger charge is 2.45. The van der Waals surface area contributed by atoms with Gasteiger partial charge >= 0.3 is 6.01 Å². The SMILES string of the molecule is C#Cc1c(F)ccc2cc(O)cc(-c3ncc4c(N5CCS(=O)(=O)CC5)nc(OCC56CCCN5CCC6)nc4c3F)c12. The van der Waals surface area contributed by atoms with E-state index in [0.717, 1.165) is 38.8 Å². The number of anilines is 1. The quantitative estimate of drug-likeness (QED) is 0.337. The summed E-state index contributed by atoms with van der Waals surface area (Å²) in [5.41, 5.74) is -0.326. The molecule has 2 aromatic heterocycles. The summed E-state index contributed by atoms with van der Waals surface area (Å²) in [5.74, 6) is 0.904. The van der Waals surface area contributed by atoms with Gasteiger partial charge in [-0.25, -0.2) is 17.2 Å². The van der Waals surface area contributed by atoms with Gasteiger partial charge < -0.3 is 14.7 Å². The summed E-state index contributed by atoms with van der Waals surface area (Å²) in [6.45, 7) is 2.73. The maximum atomic E-state index is 16.6. The molecule has 0 amide bonds. The monoisotopic (exact) mass is 605 g/mol. The molecule has 1 N–H and O–H groups in total. The molecular formula is C31H29F2N5O4S. The number of halogens is 2. The molecule has 9 nitrogen and oxygen atoms in total. The molecule has 4 aromatic rings. The smallest absolute Gasteiger partial charge is 0.319 e. The van der Waals surface area contributed by atoms with Crippen LogP contribution < -0.4 is 9.64 Å². The van der Waals surface area contributed by atoms with Gasteiger partial charge in [-0.3, -0.25) is 9.88 Å². The van der Waals surface area contributed by atoms with Crippen molar-refractivity contribution in [3.8, 4) is 35.4 Å². The van der Waals surface area contributed by atoms with E-state index < -0.39 is 21.5 Å². The zero-order valence-electron chi connectivity index (χ0n) is 23.3. The topological polar surface area (TPSA) is 109 Å². The third-order valence-electron chi connectivity index (χ3n) is 9.02. The molecule has 0 unspecified atom stereocenters. The average molecular weight is 606 g/mol. The lowest BCUT2D eigenvalue weighted by Crippen LogP contribution is -2.43. The van der Waals surface area contributed by atoms with Gasteiger partial charge in [-0.15, -0.1) is 6.42 Å². The summed E-state index contributed by atoms with van der Waals surface area (Å²) in [4.78, 5) is 17.7. The van der Waals surface area contributed by atoms with Gasteiger partial charge in [-0.2, -0.15) is 9.97 Å². The van der Waals surface area contributed by atoms with Gasteiger partial charge in [-0.1, -0.05) is 12.0 Å². The molecule has 43 heavy (non-hydrogen) atoms. The molecule has 0 spiro atoms. The Morgan fingerprint density at radius 1 is 1.07 bits per heavy atom. The van der Waals surface area contributed by atoms with E-state index in [4.69, 9.17) is 11.2 Å². The number of terminal acetylenes is 1. The fraction of sp³-hybridized carbons (Fsp3) is 0.387. The number of rotatable bonds is 5. The van der Waals surface area contributed by atoms with Gasteiger partial charge in [0.05, 0.1) is 28.0 Å². The van der Waals surface area contributed by atoms with E-state index >= 15 is 4.39 Å². The van der Waals surface area contributed by atoms with E-state index in [-0.39, 0.29) is 75.0 Å². The fourth-order valence-corrected chi connectivity index (χ4v) is 8.05. The number of fused-ring (bicyclic) bond motifs is 3. The van der Waals surface area contributed by atoms with E-state index in [1.54, 1.807) is 4.90 Å². The van der Waals surface area contributed by atoms with Crippen LogP contribution in [-0.4, -0.2) is 83.2 Å². The minimum atomic E-state index is -3.19. The summed E-state index contributed by atoms with van der Waals surface area (Å²) in [5, 5.41) is 11.4. The van der Waals surface area contributed by atoms with Crippen LogP contribution in [0.15, 0.2) is 30.5 Å². The molecule has 0 saturated carbocycles. The van der Waals surface area contributed by atoms with Crippen LogP contribution in [-0.2, 0) is 9.84 Å². The van der Waals surface area contributed by atoms with Crippen molar-refractivity contribution < 1.29 is 27.0 Å². The minimum Gasteiger partial charge on any atom is -0.508 e. The van der Waals surface area contributed by atoms with Crippen LogP contribution >= 0.6 is 0 Å². The normalized spacial score (nSPS) is 19.5. The first-order valence-electron chi connectivity index (χ1n) is 14.3. The number of ether oxygens (including phenoxy) is 1. The average Bonchev–Trinajstić information content (AvgIpc) is 3.57. The molecule has 7 rings (SSSR count). The Kier molecular flexibility index (Phi) is 6.63. The van der Waals surface area contributed by atoms with Gasteiger partial charge in [0.25, 0.3) is 0 Å². The first-order valence-corrected chi connectivity index (χ1v) is 16.1. The van der Waals surface area contributed by atoms with E-state index in [1.165, 1.54) is 30.5 Å². The van der Waals surface area contributed by atoms with Crippen LogP contribution in [0.1, 0.15) is 31.2 Å². The molecule has 3 fully saturated rings. The maximum absolute atomic E-state index is 16.6. The summed E-state index contributed by atoms with van der Waals surface area (Å²) < 4.78 is 61.8. The number of aromatic hydroxyl groups is 1. The Morgan fingerprint density at radius 3 is 2.53 bits per heavy atom. The van der Waals surface area contributed by atoms with Crippen LogP contribution in [0.25, 0.3) is 32.9 Å². The van der Waals surface area contributed by atoms with Crippen LogP contribution in [0.2, 0.25) is 0 Å². The molecule has 0 bridgehead atoms. The molecule has 0 aliphatic carbocycles. The molecule has 5 heterocycles. The Balaban J connectivity index is 1.38. The first kappa shape index (κ1) is 27.7. The van der Waals surface area contributed by atoms with Crippen molar-refractivity contribution >= 4 is 37.3 Å². The van der Waals surface area contributed by atoms with Crippen molar-refractivity contribution in [2.75, 3.05) is 49.2 Å². The van der Waals surface area contributed by atoms with Crippen LogP contribution in [0.4, 0.5) is 14.6 Å². The number of pyridine rings is 1. The van der Waals surface area contributed by atoms with E-state index in [2.05, 4.69) is 25.8 Å². The molecule has 3 aliphatic rings. The molecule has 2 aromatic carbocycles. The molecule has 0 atom stereocenters. The lowest BCUT2D eigenvalue weighted by Gasteiger charge is -2.32. The number of nitrogens with zero attached hydrogens (tertiary/aromatic N) is 5. The van der Waals surface area contributed by atoms with E-state index in [9.17, 15) is 17.9 Å². The number of phenolic OH excluding ortho intramolecular Hbond substituents is 1. The third-order valence-corrected chi connectivity index (χ3v) is 10.6. The Hall–Kier alpha value is -4.08. The van der Waals surface area contributed by atoms with Crippen molar-refractivity contribution in [2.24, 2.45) is 0 Å². The van der Waals surface area contributed by atoms with Crippen LogP contribution in [0, 0.1) is 24.0 Å². The van der Waals surface area contributed by atoms with Crippen molar-refractivity contribution in [1.82, 2.24) is 19.9 Å². The van der Waals surface area contributed by atoms with E-state index in [1.807, 2.05) is 0 Å².